The molecule has 0 bridgehead atoms. The minimum absolute atomic E-state index is 0.133. The van der Waals surface area contributed by atoms with Crippen LogP contribution in [0, 0.1) is 0 Å². The summed E-state index contributed by atoms with van der Waals surface area (Å²) in [4.78, 5) is 11.8. The lowest BCUT2D eigenvalue weighted by molar-refractivity contribution is -0.121. The van der Waals surface area contributed by atoms with E-state index in [1.54, 1.807) is 6.07 Å². The number of carbonyl (C=O) groups is 1. The van der Waals surface area contributed by atoms with Crippen LogP contribution in [-0.4, -0.2) is 68.9 Å². The first kappa shape index (κ1) is 17.5. The van der Waals surface area contributed by atoms with E-state index in [2.05, 4.69) is 10.6 Å². The van der Waals surface area contributed by atoms with Gasteiger partial charge >= 0.3 is 0 Å². The van der Waals surface area contributed by atoms with Crippen LogP contribution in [0.15, 0.2) is 18.2 Å². The van der Waals surface area contributed by atoms with Gasteiger partial charge in [0.15, 0.2) is 11.5 Å². The van der Waals surface area contributed by atoms with Crippen LogP contribution in [0.3, 0.4) is 0 Å². The monoisotopic (exact) mass is 326 g/mol. The van der Waals surface area contributed by atoms with Gasteiger partial charge in [0.05, 0.1) is 30.9 Å². The van der Waals surface area contributed by atoms with Crippen molar-refractivity contribution in [1.29, 1.82) is 0 Å². The Hall–Kier alpha value is -1.87. The Kier molecular flexibility index (Phi) is 5.78. The summed E-state index contributed by atoms with van der Waals surface area (Å²) in [5.74, 6) is -0.685. The molecule has 0 saturated carbocycles. The zero-order chi connectivity index (χ0) is 17.0. The van der Waals surface area contributed by atoms with Crippen LogP contribution in [0.25, 0.3) is 0 Å². The van der Waals surface area contributed by atoms with E-state index in [9.17, 15) is 25.2 Å². The lowest BCUT2D eigenvalue weighted by atomic mass is 10.1. The Bertz CT molecular complexity index is 553. The highest BCUT2D eigenvalue weighted by Gasteiger charge is 2.40. The van der Waals surface area contributed by atoms with Crippen LogP contribution >= 0.6 is 0 Å². The number of carbonyl (C=O) groups excluding carboxylic acids is 1. The third-order valence-electron chi connectivity index (χ3n) is 4.00. The lowest BCUT2D eigenvalue weighted by Crippen LogP contribution is -2.44. The van der Waals surface area contributed by atoms with E-state index in [1.165, 1.54) is 12.1 Å². The zero-order valence-electron chi connectivity index (χ0n) is 12.5. The standard InChI is InChI=1S/C15H22N2O6/c18-7-10-15(23)14(22)9(17-10)6-16-13(21)4-2-8-1-3-11(19)12(20)5-8/h1,3,5,9-10,14-15,17-20,22-23H,2,4,6-7H2,(H,16,21)/t9-,10-,14-,15-/m1/s1. The number of aliphatic hydroxyl groups excluding tert-OH is 3. The number of nitrogens with one attached hydrogen (secondary N) is 2. The quantitative estimate of drug-likeness (QED) is 0.306. The summed E-state index contributed by atoms with van der Waals surface area (Å²) in [7, 11) is 0. The first-order chi connectivity index (χ1) is 10.9. The normalized spacial score (nSPS) is 27.1. The molecule has 0 aliphatic carbocycles. The highest BCUT2D eigenvalue weighted by atomic mass is 16.3. The molecule has 1 aromatic carbocycles. The van der Waals surface area contributed by atoms with Crippen molar-refractivity contribution in [2.24, 2.45) is 0 Å². The summed E-state index contributed by atoms with van der Waals surface area (Å²) in [6.45, 7) is -0.165. The van der Waals surface area contributed by atoms with Crippen molar-refractivity contribution in [3.05, 3.63) is 23.8 Å². The van der Waals surface area contributed by atoms with E-state index in [0.717, 1.165) is 0 Å². The van der Waals surface area contributed by atoms with Crippen molar-refractivity contribution in [1.82, 2.24) is 10.6 Å². The molecule has 0 aromatic heterocycles. The Balaban J connectivity index is 1.76. The summed E-state index contributed by atoms with van der Waals surface area (Å²) in [5.41, 5.74) is 0.713. The molecule has 0 spiro atoms. The van der Waals surface area contributed by atoms with E-state index >= 15 is 0 Å². The van der Waals surface area contributed by atoms with Crippen molar-refractivity contribution < 1.29 is 30.3 Å². The number of hydrogen-bond acceptors (Lipinski definition) is 7. The molecule has 1 aliphatic rings. The van der Waals surface area contributed by atoms with E-state index in [0.29, 0.717) is 12.0 Å². The maximum atomic E-state index is 11.8. The van der Waals surface area contributed by atoms with Crippen LogP contribution < -0.4 is 10.6 Å². The van der Waals surface area contributed by atoms with Gasteiger partial charge in [-0.3, -0.25) is 4.79 Å². The van der Waals surface area contributed by atoms with Crippen molar-refractivity contribution in [3.8, 4) is 11.5 Å². The van der Waals surface area contributed by atoms with Crippen LogP contribution in [0.2, 0.25) is 0 Å². The summed E-state index contributed by atoms with van der Waals surface area (Å²) in [6, 6.07) is 3.24. The van der Waals surface area contributed by atoms with Gasteiger partial charge < -0.3 is 36.2 Å². The minimum atomic E-state index is -1.07. The van der Waals surface area contributed by atoms with Gasteiger partial charge in [-0.05, 0) is 24.1 Å². The third kappa shape index (κ3) is 4.32. The molecule has 0 unspecified atom stereocenters. The smallest absolute Gasteiger partial charge is 0.220 e. The zero-order valence-corrected chi connectivity index (χ0v) is 12.5. The molecule has 8 nitrogen and oxygen atoms in total. The van der Waals surface area contributed by atoms with Crippen molar-refractivity contribution in [2.45, 2.75) is 37.1 Å². The van der Waals surface area contributed by atoms with Crippen molar-refractivity contribution >= 4 is 5.91 Å². The average Bonchev–Trinajstić information content (AvgIpc) is 2.81. The fraction of sp³-hybridized carbons (Fsp3) is 0.533. The first-order valence-electron chi connectivity index (χ1n) is 7.43. The molecular formula is C15H22N2O6. The molecule has 1 amide bonds. The van der Waals surface area contributed by atoms with Crippen molar-refractivity contribution in [3.63, 3.8) is 0 Å². The van der Waals surface area contributed by atoms with Crippen LogP contribution in [0.4, 0.5) is 0 Å². The topological polar surface area (TPSA) is 142 Å². The van der Waals surface area contributed by atoms with Gasteiger partial charge in [0.25, 0.3) is 0 Å². The molecule has 7 N–H and O–H groups in total. The number of rotatable bonds is 6. The molecule has 1 heterocycles. The molecular weight excluding hydrogens is 304 g/mol. The highest BCUT2D eigenvalue weighted by molar-refractivity contribution is 5.76. The molecule has 1 saturated heterocycles. The van der Waals surface area contributed by atoms with Gasteiger partial charge in [-0.15, -0.1) is 0 Å². The van der Waals surface area contributed by atoms with Gasteiger partial charge in [-0.2, -0.15) is 0 Å². The molecule has 1 aliphatic heterocycles. The first-order valence-corrected chi connectivity index (χ1v) is 7.43. The van der Waals surface area contributed by atoms with E-state index in [4.69, 9.17) is 5.11 Å². The Morgan fingerprint density at radius 3 is 2.43 bits per heavy atom. The minimum Gasteiger partial charge on any atom is -0.504 e. The van der Waals surface area contributed by atoms with E-state index in [1.807, 2.05) is 0 Å². The number of aliphatic hydroxyl groups is 3. The number of hydrogen-bond donors (Lipinski definition) is 7. The maximum absolute atomic E-state index is 11.8. The fourth-order valence-corrected chi connectivity index (χ4v) is 2.58. The molecule has 1 fully saturated rings. The second-order valence-electron chi connectivity index (χ2n) is 5.67. The molecule has 4 atom stereocenters. The predicted molar refractivity (Wildman–Crippen MR) is 80.9 cm³/mol. The van der Waals surface area contributed by atoms with Crippen LogP contribution in [0.5, 0.6) is 11.5 Å². The van der Waals surface area contributed by atoms with Crippen LogP contribution in [0.1, 0.15) is 12.0 Å². The number of phenols is 2. The maximum Gasteiger partial charge on any atom is 0.220 e. The Labute approximate surface area is 133 Å². The highest BCUT2D eigenvalue weighted by Crippen LogP contribution is 2.25. The number of phenolic OH excluding ortho intramolecular Hbond substituents is 2. The SMILES string of the molecule is O=C(CCc1ccc(O)c(O)c1)NC[C@H]1N[C@H](CO)[C@@H](O)[C@@H]1O. The second-order valence-corrected chi connectivity index (χ2v) is 5.67. The Morgan fingerprint density at radius 1 is 1.13 bits per heavy atom. The number of benzene rings is 1. The van der Waals surface area contributed by atoms with E-state index in [-0.39, 0.29) is 37.0 Å². The van der Waals surface area contributed by atoms with Gasteiger partial charge in [0.2, 0.25) is 5.91 Å². The second kappa shape index (κ2) is 7.60. The Morgan fingerprint density at radius 2 is 1.83 bits per heavy atom. The summed E-state index contributed by atoms with van der Waals surface area (Å²) in [6.07, 6.45) is -1.55. The summed E-state index contributed by atoms with van der Waals surface area (Å²) in [5, 5.41) is 52.6. The van der Waals surface area contributed by atoms with Crippen molar-refractivity contribution in [2.75, 3.05) is 13.2 Å². The van der Waals surface area contributed by atoms with Crippen LogP contribution in [-0.2, 0) is 11.2 Å². The molecule has 0 radical (unpaired) electrons. The molecule has 1 aromatic rings. The van der Waals surface area contributed by atoms with Gasteiger partial charge in [-0.25, -0.2) is 0 Å². The molecule has 128 valence electrons. The van der Waals surface area contributed by atoms with Gasteiger partial charge in [-0.1, -0.05) is 6.07 Å². The fourth-order valence-electron chi connectivity index (χ4n) is 2.58. The largest absolute Gasteiger partial charge is 0.504 e. The lowest BCUT2D eigenvalue weighted by Gasteiger charge is -2.16. The molecule has 23 heavy (non-hydrogen) atoms. The average molecular weight is 326 g/mol. The molecule has 8 heteroatoms. The van der Waals surface area contributed by atoms with Gasteiger partial charge in [0, 0.05) is 13.0 Å². The number of amides is 1. The van der Waals surface area contributed by atoms with E-state index < -0.39 is 24.3 Å². The van der Waals surface area contributed by atoms with Gasteiger partial charge in [0.1, 0.15) is 0 Å². The number of aromatic hydroxyl groups is 2. The molecule has 2 rings (SSSR count). The number of aryl methyl sites for hydroxylation is 1. The third-order valence-corrected chi connectivity index (χ3v) is 4.00. The summed E-state index contributed by atoms with van der Waals surface area (Å²) >= 11 is 0. The summed E-state index contributed by atoms with van der Waals surface area (Å²) < 4.78 is 0. The predicted octanol–water partition coefficient (Wildman–Crippen LogP) is -1.80.